The molecule has 18 heavy (non-hydrogen) atoms. The van der Waals surface area contributed by atoms with Crippen LogP contribution < -0.4 is 5.32 Å². The number of nitrogens with one attached hydrogen (secondary N) is 1. The van der Waals surface area contributed by atoms with Crippen molar-refractivity contribution < 1.29 is 14.7 Å². The molecule has 0 unspecified atom stereocenters. The third-order valence-corrected chi connectivity index (χ3v) is 4.64. The molecule has 2 N–H and O–H groups in total. The van der Waals surface area contributed by atoms with Crippen molar-refractivity contribution in [2.75, 3.05) is 0 Å². The van der Waals surface area contributed by atoms with Crippen molar-refractivity contribution in [1.82, 2.24) is 5.32 Å². The zero-order valence-electron chi connectivity index (χ0n) is 11.1. The summed E-state index contributed by atoms with van der Waals surface area (Å²) in [7, 11) is 0. The molecule has 0 aromatic carbocycles. The Labute approximate surface area is 108 Å². The molecule has 0 spiro atoms. The molecule has 0 heterocycles. The highest BCUT2D eigenvalue weighted by Crippen LogP contribution is 2.44. The zero-order chi connectivity index (χ0) is 13.2. The first-order valence-corrected chi connectivity index (χ1v) is 7.05. The van der Waals surface area contributed by atoms with E-state index < -0.39 is 11.4 Å². The first-order chi connectivity index (χ1) is 8.52. The van der Waals surface area contributed by atoms with Crippen LogP contribution in [0.2, 0.25) is 0 Å². The van der Waals surface area contributed by atoms with Crippen molar-refractivity contribution in [1.29, 1.82) is 0 Å². The summed E-state index contributed by atoms with van der Waals surface area (Å²) in [4.78, 5) is 23.1. The summed E-state index contributed by atoms with van der Waals surface area (Å²) in [5.74, 6) is -0.118. The molecule has 102 valence electrons. The van der Waals surface area contributed by atoms with Crippen molar-refractivity contribution in [3.8, 4) is 0 Å². The largest absolute Gasteiger partial charge is 0.481 e. The van der Waals surface area contributed by atoms with Crippen molar-refractivity contribution in [2.24, 2.45) is 11.3 Å². The molecule has 2 saturated carbocycles. The van der Waals surface area contributed by atoms with E-state index in [1.807, 2.05) is 0 Å². The van der Waals surface area contributed by atoms with E-state index >= 15 is 0 Å². The van der Waals surface area contributed by atoms with Gasteiger partial charge in [0.15, 0.2) is 0 Å². The summed E-state index contributed by atoms with van der Waals surface area (Å²) in [6.07, 6.45) is 6.79. The number of amides is 1. The van der Waals surface area contributed by atoms with Gasteiger partial charge in [0.1, 0.15) is 0 Å². The van der Waals surface area contributed by atoms with Crippen LogP contribution in [0.1, 0.15) is 58.3 Å². The van der Waals surface area contributed by atoms with E-state index in [1.54, 1.807) is 0 Å². The van der Waals surface area contributed by atoms with Gasteiger partial charge in [0, 0.05) is 12.5 Å². The molecule has 0 aliphatic heterocycles. The van der Waals surface area contributed by atoms with Crippen LogP contribution in [-0.2, 0) is 9.59 Å². The first-order valence-electron chi connectivity index (χ1n) is 7.05. The van der Waals surface area contributed by atoms with Crippen molar-refractivity contribution in [3.63, 3.8) is 0 Å². The van der Waals surface area contributed by atoms with Crippen LogP contribution in [0.4, 0.5) is 0 Å². The number of carbonyl (C=O) groups excluding carboxylic acids is 1. The van der Waals surface area contributed by atoms with Crippen LogP contribution in [-0.4, -0.2) is 23.0 Å². The summed E-state index contributed by atoms with van der Waals surface area (Å²) < 4.78 is 0. The Morgan fingerprint density at radius 3 is 2.28 bits per heavy atom. The van der Waals surface area contributed by atoms with Crippen LogP contribution in [0.3, 0.4) is 0 Å². The monoisotopic (exact) mass is 253 g/mol. The van der Waals surface area contributed by atoms with Gasteiger partial charge < -0.3 is 10.4 Å². The Hall–Kier alpha value is -1.06. The first kappa shape index (κ1) is 13.4. The van der Waals surface area contributed by atoms with Crippen LogP contribution in [0.15, 0.2) is 0 Å². The minimum atomic E-state index is -0.804. The molecule has 2 rings (SSSR count). The highest BCUT2D eigenvalue weighted by atomic mass is 16.4. The molecule has 4 heteroatoms. The van der Waals surface area contributed by atoms with Crippen LogP contribution in [0.5, 0.6) is 0 Å². The molecular formula is C14H23NO3. The quantitative estimate of drug-likeness (QED) is 0.808. The molecule has 0 bridgehead atoms. The molecule has 2 aliphatic carbocycles. The van der Waals surface area contributed by atoms with E-state index in [0.717, 1.165) is 38.0 Å². The van der Waals surface area contributed by atoms with Gasteiger partial charge in [-0.3, -0.25) is 9.59 Å². The van der Waals surface area contributed by atoms with Crippen molar-refractivity contribution in [3.05, 3.63) is 0 Å². The van der Waals surface area contributed by atoms with Gasteiger partial charge in [0.2, 0.25) is 5.91 Å². The van der Waals surface area contributed by atoms with Gasteiger partial charge in [-0.15, -0.1) is 0 Å². The second-order valence-electron chi connectivity index (χ2n) is 6.14. The number of carbonyl (C=O) groups is 2. The Balaban J connectivity index is 1.80. The lowest BCUT2D eigenvalue weighted by molar-refractivity contribution is -0.157. The average Bonchev–Trinajstić information content (AvgIpc) is 2.26. The Bertz CT molecular complexity index is 328. The predicted molar refractivity (Wildman–Crippen MR) is 68.1 cm³/mol. The summed E-state index contributed by atoms with van der Waals surface area (Å²) in [5.41, 5.74) is -0.758. The van der Waals surface area contributed by atoms with E-state index in [0.29, 0.717) is 12.8 Å². The minimum absolute atomic E-state index is 0.0725. The van der Waals surface area contributed by atoms with Gasteiger partial charge in [0.05, 0.1) is 5.41 Å². The summed E-state index contributed by atoms with van der Waals surface area (Å²) in [5, 5.41) is 12.2. The second-order valence-corrected chi connectivity index (χ2v) is 6.14. The van der Waals surface area contributed by atoms with Crippen molar-refractivity contribution in [2.45, 2.75) is 64.3 Å². The predicted octanol–water partition coefficient (Wildman–Crippen LogP) is 2.33. The molecule has 0 radical (unpaired) electrons. The molecular weight excluding hydrogens is 230 g/mol. The third kappa shape index (κ3) is 2.85. The maximum atomic E-state index is 11.9. The number of hydrogen-bond donors (Lipinski definition) is 2. The number of aliphatic carboxylic acids is 1. The maximum absolute atomic E-state index is 11.9. The lowest BCUT2D eigenvalue weighted by Crippen LogP contribution is -2.45. The summed E-state index contributed by atoms with van der Waals surface area (Å²) in [6, 6.07) is 0.264. The molecule has 2 aliphatic rings. The second kappa shape index (κ2) is 5.29. The topological polar surface area (TPSA) is 66.4 Å². The lowest BCUT2D eigenvalue weighted by atomic mass is 9.66. The highest BCUT2D eigenvalue weighted by Gasteiger charge is 2.46. The average molecular weight is 253 g/mol. The fourth-order valence-electron chi connectivity index (χ4n) is 3.06. The van der Waals surface area contributed by atoms with Gasteiger partial charge in [-0.2, -0.15) is 0 Å². The highest BCUT2D eigenvalue weighted by molar-refractivity contribution is 5.85. The maximum Gasteiger partial charge on any atom is 0.310 e. The molecule has 0 aromatic heterocycles. The van der Waals surface area contributed by atoms with Crippen molar-refractivity contribution >= 4 is 11.9 Å². The van der Waals surface area contributed by atoms with Gasteiger partial charge in [-0.05, 0) is 44.4 Å². The number of rotatable bonds is 4. The number of hydrogen-bond acceptors (Lipinski definition) is 2. The van der Waals surface area contributed by atoms with Crippen LogP contribution in [0.25, 0.3) is 0 Å². The smallest absolute Gasteiger partial charge is 0.310 e. The van der Waals surface area contributed by atoms with E-state index in [2.05, 4.69) is 12.2 Å². The minimum Gasteiger partial charge on any atom is -0.481 e. The number of carboxylic acids is 1. The normalized spacial score (nSPS) is 30.3. The molecule has 4 nitrogen and oxygen atoms in total. The molecule has 2 fully saturated rings. The zero-order valence-corrected chi connectivity index (χ0v) is 11.1. The van der Waals surface area contributed by atoms with E-state index in [1.165, 1.54) is 0 Å². The van der Waals surface area contributed by atoms with Gasteiger partial charge in [0.25, 0.3) is 0 Å². The Morgan fingerprint density at radius 1 is 1.22 bits per heavy atom. The Kier molecular flexibility index (Phi) is 3.93. The van der Waals surface area contributed by atoms with Gasteiger partial charge >= 0.3 is 5.97 Å². The molecule has 0 aromatic rings. The van der Waals surface area contributed by atoms with E-state index in [-0.39, 0.29) is 18.4 Å². The standard InChI is InChI=1S/C14H23NO3/c1-10-3-5-11(6-4-10)15-12(16)9-14(13(17)18)7-2-8-14/h10-11H,2-9H2,1H3,(H,15,16)(H,17,18). The van der Waals surface area contributed by atoms with Gasteiger partial charge in [-0.25, -0.2) is 0 Å². The fourth-order valence-corrected chi connectivity index (χ4v) is 3.06. The molecule has 0 saturated heterocycles. The summed E-state index contributed by atoms with van der Waals surface area (Å²) >= 11 is 0. The van der Waals surface area contributed by atoms with Crippen LogP contribution >= 0.6 is 0 Å². The van der Waals surface area contributed by atoms with E-state index in [4.69, 9.17) is 0 Å². The van der Waals surface area contributed by atoms with E-state index in [9.17, 15) is 14.7 Å². The summed E-state index contributed by atoms with van der Waals surface area (Å²) in [6.45, 7) is 2.24. The number of carboxylic acid groups (broad SMARTS) is 1. The SMILES string of the molecule is CC1CCC(NC(=O)CC2(C(=O)O)CCC2)CC1. The van der Waals surface area contributed by atoms with Crippen LogP contribution in [0, 0.1) is 11.3 Å². The molecule has 0 atom stereocenters. The Morgan fingerprint density at radius 2 is 1.83 bits per heavy atom. The lowest BCUT2D eigenvalue weighted by Gasteiger charge is -2.37. The fraction of sp³-hybridized carbons (Fsp3) is 0.857. The van der Waals surface area contributed by atoms with Gasteiger partial charge in [-0.1, -0.05) is 13.3 Å². The third-order valence-electron chi connectivity index (χ3n) is 4.64. The molecule has 1 amide bonds.